The van der Waals surface area contributed by atoms with Gasteiger partial charge in [0.2, 0.25) is 0 Å². The molecule has 2 rings (SSSR count). The van der Waals surface area contributed by atoms with Crippen molar-refractivity contribution in [2.24, 2.45) is 5.92 Å². The smallest absolute Gasteiger partial charge is 0.320 e. The predicted molar refractivity (Wildman–Crippen MR) is 72.8 cm³/mol. The molecule has 2 amide bonds. The lowest BCUT2D eigenvalue weighted by Crippen LogP contribution is -2.33. The van der Waals surface area contributed by atoms with E-state index in [9.17, 15) is 4.79 Å². The van der Waals surface area contributed by atoms with Crippen molar-refractivity contribution >= 4 is 23.4 Å². The van der Waals surface area contributed by atoms with E-state index in [-0.39, 0.29) is 6.03 Å². The third-order valence-electron chi connectivity index (χ3n) is 3.25. The minimum Gasteiger partial charge on any atom is -0.338 e. The standard InChI is InChI=1S/C13H18ClN3O/c14-11-6-7-12(15-9-11)17-13(18)16-8-10-4-2-1-3-5-10/h6-7,9-10H,1-5,8H2,(H2,15,16,17,18). The van der Waals surface area contributed by atoms with Gasteiger partial charge in [-0.25, -0.2) is 9.78 Å². The van der Waals surface area contributed by atoms with E-state index in [1.165, 1.54) is 38.3 Å². The van der Waals surface area contributed by atoms with Crippen LogP contribution in [0.1, 0.15) is 32.1 Å². The summed E-state index contributed by atoms with van der Waals surface area (Å²) in [4.78, 5) is 15.7. The second kappa shape index (κ2) is 6.59. The average molecular weight is 268 g/mol. The Balaban J connectivity index is 1.73. The van der Waals surface area contributed by atoms with Gasteiger partial charge in [0, 0.05) is 12.7 Å². The second-order valence-corrected chi connectivity index (χ2v) is 5.14. The molecule has 0 atom stereocenters. The minimum atomic E-state index is -0.199. The number of nitrogens with zero attached hydrogens (tertiary/aromatic N) is 1. The van der Waals surface area contributed by atoms with Gasteiger partial charge in [-0.05, 0) is 30.9 Å². The molecule has 4 nitrogen and oxygen atoms in total. The van der Waals surface area contributed by atoms with Gasteiger partial charge in [0.25, 0.3) is 0 Å². The van der Waals surface area contributed by atoms with E-state index in [0.717, 1.165) is 6.54 Å². The van der Waals surface area contributed by atoms with Crippen LogP contribution in [0.2, 0.25) is 5.02 Å². The Bertz CT molecular complexity index is 388. The number of hydrogen-bond acceptors (Lipinski definition) is 2. The Morgan fingerprint density at radius 1 is 1.33 bits per heavy atom. The van der Waals surface area contributed by atoms with E-state index in [1.807, 2.05) is 0 Å². The Morgan fingerprint density at radius 2 is 2.11 bits per heavy atom. The van der Waals surface area contributed by atoms with Gasteiger partial charge in [-0.3, -0.25) is 5.32 Å². The fourth-order valence-corrected chi connectivity index (χ4v) is 2.35. The van der Waals surface area contributed by atoms with Crippen LogP contribution >= 0.6 is 11.6 Å². The first-order valence-electron chi connectivity index (χ1n) is 6.40. The molecule has 98 valence electrons. The molecule has 0 bridgehead atoms. The van der Waals surface area contributed by atoms with Crippen molar-refractivity contribution in [3.8, 4) is 0 Å². The maximum absolute atomic E-state index is 11.6. The van der Waals surface area contributed by atoms with Crippen molar-refractivity contribution < 1.29 is 4.79 Å². The molecule has 0 unspecified atom stereocenters. The summed E-state index contributed by atoms with van der Waals surface area (Å²) in [7, 11) is 0. The molecule has 0 radical (unpaired) electrons. The molecule has 2 N–H and O–H groups in total. The molecule has 0 saturated heterocycles. The largest absolute Gasteiger partial charge is 0.338 e. The molecule has 0 spiro atoms. The summed E-state index contributed by atoms with van der Waals surface area (Å²) in [6, 6.07) is 3.18. The molecule has 1 fully saturated rings. The predicted octanol–water partition coefficient (Wildman–Crippen LogP) is 3.44. The van der Waals surface area contributed by atoms with E-state index in [2.05, 4.69) is 15.6 Å². The summed E-state index contributed by atoms with van der Waals surface area (Å²) in [6.07, 6.45) is 7.86. The highest BCUT2D eigenvalue weighted by Crippen LogP contribution is 2.22. The van der Waals surface area contributed by atoms with Crippen LogP contribution in [-0.2, 0) is 0 Å². The van der Waals surface area contributed by atoms with Gasteiger partial charge in [-0.2, -0.15) is 0 Å². The number of nitrogens with one attached hydrogen (secondary N) is 2. The van der Waals surface area contributed by atoms with Crippen molar-refractivity contribution in [3.63, 3.8) is 0 Å². The van der Waals surface area contributed by atoms with Gasteiger partial charge in [0.1, 0.15) is 5.82 Å². The zero-order chi connectivity index (χ0) is 12.8. The molecule has 1 heterocycles. The van der Waals surface area contributed by atoms with Crippen LogP contribution in [0.5, 0.6) is 0 Å². The summed E-state index contributed by atoms with van der Waals surface area (Å²) in [6.45, 7) is 0.749. The summed E-state index contributed by atoms with van der Waals surface area (Å²) in [5.41, 5.74) is 0. The van der Waals surface area contributed by atoms with Gasteiger partial charge in [-0.15, -0.1) is 0 Å². The molecule has 1 aliphatic rings. The van der Waals surface area contributed by atoms with Crippen LogP contribution in [0.15, 0.2) is 18.3 Å². The lowest BCUT2D eigenvalue weighted by atomic mass is 9.89. The molecule has 1 aliphatic carbocycles. The number of amides is 2. The van der Waals surface area contributed by atoms with Crippen molar-refractivity contribution in [2.45, 2.75) is 32.1 Å². The topological polar surface area (TPSA) is 54.0 Å². The minimum absolute atomic E-state index is 0.199. The van der Waals surface area contributed by atoms with Crippen LogP contribution in [0, 0.1) is 5.92 Å². The highest BCUT2D eigenvalue weighted by molar-refractivity contribution is 6.30. The van der Waals surface area contributed by atoms with Gasteiger partial charge < -0.3 is 5.32 Å². The maximum atomic E-state index is 11.6. The molecular weight excluding hydrogens is 250 g/mol. The number of rotatable bonds is 3. The van der Waals surface area contributed by atoms with Crippen LogP contribution in [0.25, 0.3) is 0 Å². The fourth-order valence-electron chi connectivity index (χ4n) is 2.24. The van der Waals surface area contributed by atoms with Crippen molar-refractivity contribution in [3.05, 3.63) is 23.4 Å². The SMILES string of the molecule is O=C(NCC1CCCCC1)Nc1ccc(Cl)cn1. The van der Waals surface area contributed by atoms with E-state index in [4.69, 9.17) is 11.6 Å². The number of hydrogen-bond donors (Lipinski definition) is 2. The number of carbonyl (C=O) groups is 1. The third-order valence-corrected chi connectivity index (χ3v) is 3.47. The second-order valence-electron chi connectivity index (χ2n) is 4.70. The molecule has 1 saturated carbocycles. The first-order valence-corrected chi connectivity index (χ1v) is 6.78. The zero-order valence-electron chi connectivity index (χ0n) is 10.3. The number of carbonyl (C=O) groups excluding carboxylic acids is 1. The lowest BCUT2D eigenvalue weighted by molar-refractivity contribution is 0.247. The molecule has 1 aromatic rings. The first kappa shape index (κ1) is 13.1. The van der Waals surface area contributed by atoms with Crippen LogP contribution < -0.4 is 10.6 Å². The van der Waals surface area contributed by atoms with Gasteiger partial charge in [0.05, 0.1) is 5.02 Å². The van der Waals surface area contributed by atoms with E-state index in [0.29, 0.717) is 16.8 Å². The fraction of sp³-hybridized carbons (Fsp3) is 0.538. The van der Waals surface area contributed by atoms with E-state index >= 15 is 0 Å². The normalized spacial score (nSPS) is 16.3. The molecule has 5 heteroatoms. The van der Waals surface area contributed by atoms with Crippen molar-refractivity contribution in [2.75, 3.05) is 11.9 Å². The highest BCUT2D eigenvalue weighted by Gasteiger charge is 2.14. The molecule has 0 aromatic carbocycles. The number of pyridine rings is 1. The molecule has 18 heavy (non-hydrogen) atoms. The number of halogens is 1. The number of aromatic nitrogens is 1. The first-order chi connectivity index (χ1) is 8.74. The highest BCUT2D eigenvalue weighted by atomic mass is 35.5. The van der Waals surface area contributed by atoms with Crippen molar-refractivity contribution in [1.82, 2.24) is 10.3 Å². The van der Waals surface area contributed by atoms with E-state index in [1.54, 1.807) is 12.1 Å². The number of anilines is 1. The monoisotopic (exact) mass is 267 g/mol. The van der Waals surface area contributed by atoms with Crippen LogP contribution in [0.3, 0.4) is 0 Å². The van der Waals surface area contributed by atoms with Gasteiger partial charge >= 0.3 is 6.03 Å². The molecule has 1 aromatic heterocycles. The molecular formula is C13H18ClN3O. The van der Waals surface area contributed by atoms with Crippen LogP contribution in [-0.4, -0.2) is 17.6 Å². The van der Waals surface area contributed by atoms with Crippen LogP contribution in [0.4, 0.5) is 10.6 Å². The van der Waals surface area contributed by atoms with Gasteiger partial charge in [-0.1, -0.05) is 30.9 Å². The lowest BCUT2D eigenvalue weighted by Gasteiger charge is -2.21. The van der Waals surface area contributed by atoms with Crippen molar-refractivity contribution in [1.29, 1.82) is 0 Å². The Hall–Kier alpha value is -1.29. The quantitative estimate of drug-likeness (QED) is 0.881. The summed E-state index contributed by atoms with van der Waals surface area (Å²) < 4.78 is 0. The Labute approximate surface area is 112 Å². The summed E-state index contributed by atoms with van der Waals surface area (Å²) >= 11 is 5.72. The zero-order valence-corrected chi connectivity index (χ0v) is 11.0. The Morgan fingerprint density at radius 3 is 2.78 bits per heavy atom. The summed E-state index contributed by atoms with van der Waals surface area (Å²) in [5, 5.41) is 6.14. The van der Waals surface area contributed by atoms with E-state index < -0.39 is 0 Å². The molecule has 0 aliphatic heterocycles. The number of urea groups is 1. The van der Waals surface area contributed by atoms with Gasteiger partial charge in [0.15, 0.2) is 0 Å². The summed E-state index contributed by atoms with van der Waals surface area (Å²) in [5.74, 6) is 1.14. The maximum Gasteiger partial charge on any atom is 0.320 e. The Kier molecular flexibility index (Phi) is 4.81. The third kappa shape index (κ3) is 4.18. The average Bonchev–Trinajstić information content (AvgIpc) is 2.40.